The standard InChI is InChI=1S/C12H22N2/c1-9-3-2-4-12(9)14-7-10-5-13-6-11(10)8-14/h9-13H,2-8H2,1H3. The Bertz CT molecular complexity index is 204. The quantitative estimate of drug-likeness (QED) is 0.677. The first kappa shape index (κ1) is 9.17. The van der Waals surface area contributed by atoms with Gasteiger partial charge in [0.2, 0.25) is 0 Å². The Balaban J connectivity index is 1.65. The summed E-state index contributed by atoms with van der Waals surface area (Å²) in [6.07, 6.45) is 4.40. The first-order valence-electron chi connectivity index (χ1n) is 6.29. The van der Waals surface area contributed by atoms with E-state index in [1.54, 1.807) is 0 Å². The van der Waals surface area contributed by atoms with E-state index in [4.69, 9.17) is 0 Å². The van der Waals surface area contributed by atoms with Crippen molar-refractivity contribution in [1.82, 2.24) is 10.2 Å². The molecule has 3 aliphatic rings. The molecule has 0 aromatic rings. The number of nitrogens with zero attached hydrogens (tertiary/aromatic N) is 1. The molecule has 4 unspecified atom stereocenters. The highest BCUT2D eigenvalue weighted by molar-refractivity contribution is 4.95. The highest BCUT2D eigenvalue weighted by Crippen LogP contribution is 2.35. The lowest BCUT2D eigenvalue weighted by molar-refractivity contribution is 0.192. The van der Waals surface area contributed by atoms with Gasteiger partial charge in [-0.25, -0.2) is 0 Å². The zero-order valence-electron chi connectivity index (χ0n) is 9.21. The molecule has 0 amide bonds. The van der Waals surface area contributed by atoms with Crippen LogP contribution in [0.25, 0.3) is 0 Å². The van der Waals surface area contributed by atoms with E-state index in [0.29, 0.717) is 0 Å². The van der Waals surface area contributed by atoms with Crippen molar-refractivity contribution in [3.8, 4) is 0 Å². The number of fused-ring (bicyclic) bond motifs is 1. The highest BCUT2D eigenvalue weighted by atomic mass is 15.2. The molecule has 2 heteroatoms. The Hall–Kier alpha value is -0.0800. The Morgan fingerprint density at radius 2 is 1.79 bits per heavy atom. The van der Waals surface area contributed by atoms with Crippen molar-refractivity contribution < 1.29 is 0 Å². The second-order valence-corrected chi connectivity index (χ2v) is 5.61. The van der Waals surface area contributed by atoms with Crippen molar-refractivity contribution in [2.75, 3.05) is 26.2 Å². The first-order chi connectivity index (χ1) is 6.84. The van der Waals surface area contributed by atoms with Crippen LogP contribution in [0.15, 0.2) is 0 Å². The molecule has 1 N–H and O–H groups in total. The maximum atomic E-state index is 3.52. The molecular weight excluding hydrogens is 172 g/mol. The zero-order chi connectivity index (χ0) is 9.54. The molecule has 1 saturated carbocycles. The van der Waals surface area contributed by atoms with Gasteiger partial charge in [0.1, 0.15) is 0 Å². The van der Waals surface area contributed by atoms with E-state index >= 15 is 0 Å². The summed E-state index contributed by atoms with van der Waals surface area (Å²) >= 11 is 0. The van der Waals surface area contributed by atoms with Gasteiger partial charge in [-0.1, -0.05) is 13.3 Å². The average molecular weight is 194 g/mol. The number of rotatable bonds is 1. The van der Waals surface area contributed by atoms with Crippen LogP contribution in [0.4, 0.5) is 0 Å². The van der Waals surface area contributed by atoms with Gasteiger partial charge in [0.05, 0.1) is 0 Å². The molecule has 0 radical (unpaired) electrons. The summed E-state index contributed by atoms with van der Waals surface area (Å²) in [5, 5.41) is 3.52. The fraction of sp³-hybridized carbons (Fsp3) is 1.00. The molecule has 80 valence electrons. The van der Waals surface area contributed by atoms with E-state index in [2.05, 4.69) is 17.1 Å². The predicted molar refractivity (Wildman–Crippen MR) is 58.2 cm³/mol. The van der Waals surface area contributed by atoms with E-state index in [1.165, 1.54) is 45.4 Å². The molecule has 3 fully saturated rings. The van der Waals surface area contributed by atoms with Crippen LogP contribution in [-0.4, -0.2) is 37.1 Å². The molecule has 2 saturated heterocycles. The first-order valence-corrected chi connectivity index (χ1v) is 6.29. The molecule has 14 heavy (non-hydrogen) atoms. The van der Waals surface area contributed by atoms with Crippen molar-refractivity contribution in [3.05, 3.63) is 0 Å². The lowest BCUT2D eigenvalue weighted by atomic mass is 10.0. The molecule has 0 aromatic carbocycles. The SMILES string of the molecule is CC1CCCC1N1CC2CNCC2C1. The Labute approximate surface area is 87.0 Å². The molecule has 2 heterocycles. The van der Waals surface area contributed by atoms with Crippen LogP contribution >= 0.6 is 0 Å². The Kier molecular flexibility index (Phi) is 2.29. The zero-order valence-corrected chi connectivity index (χ0v) is 9.21. The summed E-state index contributed by atoms with van der Waals surface area (Å²) in [7, 11) is 0. The third kappa shape index (κ3) is 1.40. The van der Waals surface area contributed by atoms with E-state index < -0.39 is 0 Å². The van der Waals surface area contributed by atoms with Gasteiger partial charge in [-0.2, -0.15) is 0 Å². The van der Waals surface area contributed by atoms with E-state index in [0.717, 1.165) is 23.8 Å². The molecule has 0 aromatic heterocycles. The smallest absolute Gasteiger partial charge is 0.0121 e. The molecule has 0 spiro atoms. The van der Waals surface area contributed by atoms with Crippen molar-refractivity contribution in [2.24, 2.45) is 17.8 Å². The summed E-state index contributed by atoms with van der Waals surface area (Å²) in [5.41, 5.74) is 0. The summed E-state index contributed by atoms with van der Waals surface area (Å²) < 4.78 is 0. The van der Waals surface area contributed by atoms with Gasteiger partial charge in [-0.15, -0.1) is 0 Å². The Morgan fingerprint density at radius 1 is 1.07 bits per heavy atom. The van der Waals surface area contributed by atoms with Crippen LogP contribution in [-0.2, 0) is 0 Å². The minimum Gasteiger partial charge on any atom is -0.316 e. The van der Waals surface area contributed by atoms with Crippen molar-refractivity contribution in [1.29, 1.82) is 0 Å². The molecule has 2 nitrogen and oxygen atoms in total. The maximum Gasteiger partial charge on any atom is 0.0121 e. The van der Waals surface area contributed by atoms with E-state index in [1.807, 2.05) is 0 Å². The molecule has 2 aliphatic heterocycles. The van der Waals surface area contributed by atoms with Crippen LogP contribution in [0.5, 0.6) is 0 Å². The largest absolute Gasteiger partial charge is 0.316 e. The van der Waals surface area contributed by atoms with Gasteiger partial charge < -0.3 is 5.32 Å². The fourth-order valence-corrected chi connectivity index (χ4v) is 3.83. The second kappa shape index (κ2) is 3.49. The molecule has 1 aliphatic carbocycles. The number of hydrogen-bond acceptors (Lipinski definition) is 2. The normalized spacial score (nSPS) is 48.6. The molecule has 3 rings (SSSR count). The number of likely N-dealkylation sites (tertiary alicyclic amines) is 1. The maximum absolute atomic E-state index is 3.52. The molecule has 0 bridgehead atoms. The van der Waals surface area contributed by atoms with E-state index in [9.17, 15) is 0 Å². The third-order valence-electron chi connectivity index (χ3n) is 4.70. The van der Waals surface area contributed by atoms with Crippen molar-refractivity contribution in [3.63, 3.8) is 0 Å². The fourth-order valence-electron chi connectivity index (χ4n) is 3.83. The summed E-state index contributed by atoms with van der Waals surface area (Å²) in [6, 6.07) is 0.931. The summed E-state index contributed by atoms with van der Waals surface area (Å²) in [6.45, 7) is 7.77. The highest BCUT2D eigenvalue weighted by Gasteiger charge is 2.40. The molecular formula is C12H22N2. The molecule has 4 atom stereocenters. The number of nitrogens with one attached hydrogen (secondary N) is 1. The Morgan fingerprint density at radius 3 is 2.36 bits per heavy atom. The average Bonchev–Trinajstić information content (AvgIpc) is 2.75. The lowest BCUT2D eigenvalue weighted by Crippen LogP contribution is -2.37. The van der Waals surface area contributed by atoms with E-state index in [-0.39, 0.29) is 0 Å². The van der Waals surface area contributed by atoms with Gasteiger partial charge in [0.15, 0.2) is 0 Å². The number of hydrogen-bond donors (Lipinski definition) is 1. The third-order valence-corrected chi connectivity index (χ3v) is 4.70. The van der Waals surface area contributed by atoms with Gasteiger partial charge in [-0.05, 0) is 43.7 Å². The van der Waals surface area contributed by atoms with Gasteiger partial charge in [-0.3, -0.25) is 4.90 Å². The van der Waals surface area contributed by atoms with Crippen LogP contribution < -0.4 is 5.32 Å². The monoisotopic (exact) mass is 194 g/mol. The predicted octanol–water partition coefficient (Wildman–Crippen LogP) is 1.33. The van der Waals surface area contributed by atoms with Crippen LogP contribution in [0, 0.1) is 17.8 Å². The van der Waals surface area contributed by atoms with Crippen LogP contribution in [0.3, 0.4) is 0 Å². The van der Waals surface area contributed by atoms with Gasteiger partial charge in [0.25, 0.3) is 0 Å². The van der Waals surface area contributed by atoms with Gasteiger partial charge >= 0.3 is 0 Å². The van der Waals surface area contributed by atoms with Crippen molar-refractivity contribution in [2.45, 2.75) is 32.2 Å². The second-order valence-electron chi connectivity index (χ2n) is 5.61. The minimum atomic E-state index is 0.931. The van der Waals surface area contributed by atoms with Crippen LogP contribution in [0.2, 0.25) is 0 Å². The minimum absolute atomic E-state index is 0.931. The lowest BCUT2D eigenvalue weighted by Gasteiger charge is -2.28. The van der Waals surface area contributed by atoms with Crippen LogP contribution in [0.1, 0.15) is 26.2 Å². The summed E-state index contributed by atoms with van der Waals surface area (Å²) in [5.74, 6) is 2.91. The summed E-state index contributed by atoms with van der Waals surface area (Å²) in [4.78, 5) is 2.80. The van der Waals surface area contributed by atoms with Crippen molar-refractivity contribution >= 4 is 0 Å². The topological polar surface area (TPSA) is 15.3 Å². The van der Waals surface area contributed by atoms with Gasteiger partial charge in [0, 0.05) is 19.1 Å².